The van der Waals surface area contributed by atoms with Crippen molar-refractivity contribution in [1.29, 1.82) is 0 Å². The number of hydrogen-bond acceptors (Lipinski definition) is 4. The zero-order valence-electron chi connectivity index (χ0n) is 9.18. The number of hydrogen-bond donors (Lipinski definition) is 0. The van der Waals surface area contributed by atoms with E-state index in [9.17, 15) is 4.79 Å². The third-order valence-electron chi connectivity index (χ3n) is 2.02. The summed E-state index contributed by atoms with van der Waals surface area (Å²) in [5, 5.41) is 0.784. The predicted molar refractivity (Wildman–Crippen MR) is 67.3 cm³/mol. The molecule has 0 amide bonds. The van der Waals surface area contributed by atoms with Crippen molar-refractivity contribution in [2.45, 2.75) is 0 Å². The van der Waals surface area contributed by atoms with Crippen LogP contribution in [0.1, 0.15) is 5.56 Å². The van der Waals surface area contributed by atoms with Gasteiger partial charge in [0.15, 0.2) is 0 Å². The summed E-state index contributed by atoms with van der Waals surface area (Å²) in [4.78, 5) is 17.8. The van der Waals surface area contributed by atoms with Gasteiger partial charge in [-0.15, -0.1) is 0 Å². The van der Waals surface area contributed by atoms with Crippen LogP contribution in [0.4, 0.5) is 0 Å². The quantitative estimate of drug-likeness (QED) is 0.732. The SMILES string of the molecule is CN(C)C=C1N=C(c2ccccc2)SC1=O. The lowest BCUT2D eigenvalue weighted by Crippen LogP contribution is -2.03. The summed E-state index contributed by atoms with van der Waals surface area (Å²) in [6.45, 7) is 0. The Labute approximate surface area is 98.9 Å². The van der Waals surface area contributed by atoms with Gasteiger partial charge in [0.25, 0.3) is 0 Å². The Hall–Kier alpha value is -1.55. The van der Waals surface area contributed by atoms with Crippen molar-refractivity contribution in [3.8, 4) is 0 Å². The Morgan fingerprint density at radius 1 is 1.25 bits per heavy atom. The molecule has 1 aromatic carbocycles. The molecule has 0 saturated heterocycles. The van der Waals surface area contributed by atoms with Gasteiger partial charge in [0.1, 0.15) is 10.7 Å². The Kier molecular flexibility index (Phi) is 3.10. The third kappa shape index (κ3) is 2.33. The summed E-state index contributed by atoms with van der Waals surface area (Å²) in [6, 6.07) is 9.74. The molecule has 1 heterocycles. The van der Waals surface area contributed by atoms with E-state index >= 15 is 0 Å². The molecule has 0 bridgehead atoms. The topological polar surface area (TPSA) is 32.7 Å². The smallest absolute Gasteiger partial charge is 0.245 e. The highest BCUT2D eigenvalue weighted by Crippen LogP contribution is 2.27. The summed E-state index contributed by atoms with van der Waals surface area (Å²) >= 11 is 1.18. The lowest BCUT2D eigenvalue weighted by molar-refractivity contribution is -0.107. The maximum atomic E-state index is 11.6. The first-order chi connectivity index (χ1) is 7.66. The molecule has 1 aliphatic heterocycles. The summed E-state index contributed by atoms with van der Waals surface area (Å²) < 4.78 is 0. The van der Waals surface area contributed by atoms with Crippen molar-refractivity contribution in [3.63, 3.8) is 0 Å². The van der Waals surface area contributed by atoms with E-state index in [0.29, 0.717) is 5.70 Å². The first kappa shape index (κ1) is 11.0. The van der Waals surface area contributed by atoms with Crippen LogP contribution in [0.5, 0.6) is 0 Å². The van der Waals surface area contributed by atoms with Crippen LogP contribution in [0, 0.1) is 0 Å². The van der Waals surface area contributed by atoms with Gasteiger partial charge in [-0.05, 0) is 11.8 Å². The van der Waals surface area contributed by atoms with Crippen LogP contribution in [0.2, 0.25) is 0 Å². The Morgan fingerprint density at radius 2 is 1.94 bits per heavy atom. The molecule has 82 valence electrons. The molecule has 0 atom stereocenters. The Balaban J connectivity index is 2.30. The minimum absolute atomic E-state index is 0.00699. The predicted octanol–water partition coefficient (Wildman–Crippen LogP) is 2.11. The van der Waals surface area contributed by atoms with Crippen LogP contribution in [-0.2, 0) is 4.79 Å². The lowest BCUT2D eigenvalue weighted by atomic mass is 10.2. The van der Waals surface area contributed by atoms with Crippen molar-refractivity contribution in [3.05, 3.63) is 47.8 Å². The Morgan fingerprint density at radius 3 is 2.56 bits per heavy atom. The Bertz CT molecular complexity index is 463. The average molecular weight is 232 g/mol. The van der Waals surface area contributed by atoms with Gasteiger partial charge in [-0.25, -0.2) is 4.99 Å². The third-order valence-corrected chi connectivity index (χ3v) is 2.94. The number of rotatable bonds is 2. The second-order valence-corrected chi connectivity index (χ2v) is 4.61. The summed E-state index contributed by atoms with van der Waals surface area (Å²) in [6.07, 6.45) is 1.74. The molecule has 4 heteroatoms. The van der Waals surface area contributed by atoms with E-state index in [0.717, 1.165) is 10.6 Å². The number of carbonyl (C=O) groups is 1. The molecule has 0 spiro atoms. The van der Waals surface area contributed by atoms with E-state index in [4.69, 9.17) is 0 Å². The molecule has 0 aliphatic carbocycles. The van der Waals surface area contributed by atoms with Crippen LogP contribution in [0.15, 0.2) is 47.2 Å². The number of thioether (sulfide) groups is 1. The zero-order chi connectivity index (χ0) is 11.5. The van der Waals surface area contributed by atoms with Crippen LogP contribution in [0.3, 0.4) is 0 Å². The van der Waals surface area contributed by atoms with Gasteiger partial charge < -0.3 is 4.90 Å². The van der Waals surface area contributed by atoms with Crippen molar-refractivity contribution in [2.24, 2.45) is 4.99 Å². The van der Waals surface area contributed by atoms with E-state index in [1.54, 1.807) is 6.20 Å². The molecule has 1 aromatic rings. The molecular weight excluding hydrogens is 220 g/mol. The van der Waals surface area contributed by atoms with E-state index in [1.165, 1.54) is 11.8 Å². The van der Waals surface area contributed by atoms with Crippen molar-refractivity contribution in [1.82, 2.24) is 4.90 Å². The number of aliphatic imine (C=N–C) groups is 1. The van der Waals surface area contributed by atoms with Crippen molar-refractivity contribution >= 4 is 21.9 Å². The molecule has 0 saturated carbocycles. The van der Waals surface area contributed by atoms with Gasteiger partial charge in [0.05, 0.1) is 0 Å². The number of carbonyl (C=O) groups excluding carboxylic acids is 1. The minimum Gasteiger partial charge on any atom is -0.382 e. The zero-order valence-corrected chi connectivity index (χ0v) is 9.99. The molecule has 3 nitrogen and oxygen atoms in total. The van der Waals surface area contributed by atoms with Gasteiger partial charge >= 0.3 is 0 Å². The molecule has 0 fully saturated rings. The molecular formula is C12H12N2OS. The van der Waals surface area contributed by atoms with E-state index in [-0.39, 0.29) is 5.12 Å². The fraction of sp³-hybridized carbons (Fsp3) is 0.167. The summed E-state index contributed by atoms with van der Waals surface area (Å²) in [5.41, 5.74) is 1.50. The summed E-state index contributed by atoms with van der Waals surface area (Å²) in [7, 11) is 3.75. The monoisotopic (exact) mass is 232 g/mol. The van der Waals surface area contributed by atoms with Crippen molar-refractivity contribution in [2.75, 3.05) is 14.1 Å². The minimum atomic E-state index is 0.00699. The van der Waals surface area contributed by atoms with Crippen LogP contribution >= 0.6 is 11.8 Å². The van der Waals surface area contributed by atoms with Crippen LogP contribution in [-0.4, -0.2) is 29.2 Å². The van der Waals surface area contributed by atoms with Gasteiger partial charge in [-0.3, -0.25) is 4.79 Å². The van der Waals surface area contributed by atoms with Crippen LogP contribution < -0.4 is 0 Å². The highest BCUT2D eigenvalue weighted by atomic mass is 32.2. The molecule has 1 aliphatic rings. The number of nitrogens with zero attached hydrogens (tertiary/aromatic N) is 2. The highest BCUT2D eigenvalue weighted by molar-refractivity contribution is 8.27. The average Bonchev–Trinajstić information content (AvgIpc) is 2.61. The molecule has 0 unspecified atom stereocenters. The van der Waals surface area contributed by atoms with Gasteiger partial charge in [0, 0.05) is 25.9 Å². The second kappa shape index (κ2) is 4.53. The maximum absolute atomic E-state index is 11.6. The normalized spacial score (nSPS) is 17.8. The lowest BCUT2D eigenvalue weighted by Gasteiger charge is -2.03. The standard InChI is InChI=1S/C12H12N2OS/c1-14(2)8-10-12(15)16-11(13-10)9-6-4-3-5-7-9/h3-8H,1-2H3. The largest absolute Gasteiger partial charge is 0.382 e. The maximum Gasteiger partial charge on any atom is 0.245 e. The summed E-state index contributed by atoms with van der Waals surface area (Å²) in [5.74, 6) is 0. The fourth-order valence-corrected chi connectivity index (χ4v) is 2.12. The molecule has 16 heavy (non-hydrogen) atoms. The first-order valence-corrected chi connectivity index (χ1v) is 5.73. The van der Waals surface area contributed by atoms with E-state index in [2.05, 4.69) is 4.99 Å². The number of benzene rings is 1. The molecule has 2 rings (SSSR count). The fourth-order valence-electron chi connectivity index (χ4n) is 1.35. The van der Waals surface area contributed by atoms with Crippen molar-refractivity contribution < 1.29 is 4.79 Å². The molecule has 0 radical (unpaired) electrons. The first-order valence-electron chi connectivity index (χ1n) is 4.91. The van der Waals surface area contributed by atoms with Crippen LogP contribution in [0.25, 0.3) is 0 Å². The van der Waals surface area contributed by atoms with Gasteiger partial charge in [0.2, 0.25) is 5.12 Å². The van der Waals surface area contributed by atoms with E-state index in [1.807, 2.05) is 49.3 Å². The second-order valence-electron chi connectivity index (χ2n) is 3.65. The van der Waals surface area contributed by atoms with E-state index < -0.39 is 0 Å². The molecule has 0 N–H and O–H groups in total. The molecule has 0 aromatic heterocycles. The van der Waals surface area contributed by atoms with Gasteiger partial charge in [-0.1, -0.05) is 30.3 Å². The van der Waals surface area contributed by atoms with Gasteiger partial charge in [-0.2, -0.15) is 0 Å². The highest BCUT2D eigenvalue weighted by Gasteiger charge is 2.23.